The summed E-state index contributed by atoms with van der Waals surface area (Å²) >= 11 is 0. The number of nitrogens with one attached hydrogen (secondary N) is 1. The van der Waals surface area contributed by atoms with Crippen molar-refractivity contribution in [3.8, 4) is 0 Å². The number of aliphatic hydroxyl groups excluding tert-OH is 5. The quantitative estimate of drug-likeness (QED) is 0.0261. The molecule has 1 fully saturated rings. The Morgan fingerprint density at radius 3 is 1.30 bits per heavy atom. The van der Waals surface area contributed by atoms with Gasteiger partial charge in [-0.1, -0.05) is 267 Å². The van der Waals surface area contributed by atoms with Crippen LogP contribution < -0.4 is 5.32 Å². The number of aliphatic hydroxyl groups is 5. The van der Waals surface area contributed by atoms with Gasteiger partial charge in [-0.3, -0.25) is 4.79 Å². The summed E-state index contributed by atoms with van der Waals surface area (Å²) in [6.07, 6.45) is 62.6. The molecule has 0 aromatic rings. The fourth-order valence-electron chi connectivity index (χ4n) is 9.43. The zero-order valence-corrected chi connectivity index (χ0v) is 46.0. The largest absolute Gasteiger partial charge is 0.394 e. The second-order valence-corrected chi connectivity index (χ2v) is 20.8. The second kappa shape index (κ2) is 51.4. The molecule has 1 heterocycles. The van der Waals surface area contributed by atoms with Gasteiger partial charge in [-0.15, -0.1) is 0 Å². The van der Waals surface area contributed by atoms with Crippen LogP contribution in [-0.4, -0.2) is 87.5 Å². The fourth-order valence-corrected chi connectivity index (χ4v) is 9.43. The summed E-state index contributed by atoms with van der Waals surface area (Å²) in [6, 6.07) is -0.719. The first-order valence-corrected chi connectivity index (χ1v) is 30.0. The number of allylic oxidation sites excluding steroid dienone is 10. The van der Waals surface area contributed by atoms with E-state index in [0.717, 1.165) is 70.6 Å². The number of carbonyl (C=O) groups is 1. The number of hydrogen-bond donors (Lipinski definition) is 6. The normalized spacial score (nSPS) is 19.7. The van der Waals surface area contributed by atoms with Crippen LogP contribution in [0.2, 0.25) is 0 Å². The van der Waals surface area contributed by atoms with E-state index in [1.807, 2.05) is 0 Å². The predicted molar refractivity (Wildman–Crippen MR) is 299 cm³/mol. The molecule has 7 atom stereocenters. The van der Waals surface area contributed by atoms with E-state index in [-0.39, 0.29) is 12.5 Å². The molecule has 7 unspecified atom stereocenters. The minimum absolute atomic E-state index is 0.137. The molecule has 71 heavy (non-hydrogen) atoms. The first-order chi connectivity index (χ1) is 34.8. The van der Waals surface area contributed by atoms with Gasteiger partial charge in [-0.05, 0) is 57.8 Å². The van der Waals surface area contributed by atoms with E-state index < -0.39 is 49.5 Å². The predicted octanol–water partition coefficient (Wildman–Crippen LogP) is 15.1. The number of rotatable bonds is 51. The molecule has 0 spiro atoms. The van der Waals surface area contributed by atoms with Crippen LogP contribution in [0.5, 0.6) is 0 Å². The Morgan fingerprint density at radius 2 is 0.873 bits per heavy atom. The van der Waals surface area contributed by atoms with Gasteiger partial charge in [0.2, 0.25) is 5.91 Å². The van der Waals surface area contributed by atoms with E-state index in [1.165, 1.54) is 173 Å². The lowest BCUT2D eigenvalue weighted by atomic mass is 9.99. The first-order valence-electron chi connectivity index (χ1n) is 30.0. The highest BCUT2D eigenvalue weighted by atomic mass is 16.7. The minimum Gasteiger partial charge on any atom is -0.394 e. The van der Waals surface area contributed by atoms with Gasteiger partial charge in [0.25, 0.3) is 0 Å². The summed E-state index contributed by atoms with van der Waals surface area (Å²) in [5, 5.41) is 54.7. The van der Waals surface area contributed by atoms with Gasteiger partial charge in [0.05, 0.1) is 25.4 Å². The molecule has 414 valence electrons. The minimum atomic E-state index is -1.55. The highest BCUT2D eigenvalue weighted by molar-refractivity contribution is 5.76. The lowest BCUT2D eigenvalue weighted by molar-refractivity contribution is -0.302. The molecule has 1 rings (SSSR count). The summed E-state index contributed by atoms with van der Waals surface area (Å²) in [4.78, 5) is 13.1. The maximum Gasteiger partial charge on any atom is 0.220 e. The molecule has 0 aliphatic carbocycles. The number of hydrogen-bond acceptors (Lipinski definition) is 8. The monoisotopic (exact) mass is 1000 g/mol. The van der Waals surface area contributed by atoms with E-state index in [2.05, 4.69) is 79.9 Å². The van der Waals surface area contributed by atoms with Gasteiger partial charge in [0.15, 0.2) is 6.29 Å². The Bertz CT molecular complexity index is 1300. The third kappa shape index (κ3) is 40.9. The van der Waals surface area contributed by atoms with Gasteiger partial charge >= 0.3 is 0 Å². The molecule has 0 aromatic heterocycles. The molecule has 0 aromatic carbocycles. The Morgan fingerprint density at radius 1 is 0.493 bits per heavy atom. The molecule has 9 heteroatoms. The maximum absolute atomic E-state index is 13.1. The van der Waals surface area contributed by atoms with Crippen LogP contribution >= 0.6 is 0 Å². The van der Waals surface area contributed by atoms with Gasteiger partial charge in [-0.2, -0.15) is 0 Å². The standard InChI is InChI=1S/C62H113NO8/c1-3-5-7-9-11-13-15-17-19-20-21-22-23-24-25-26-27-28-29-30-31-32-33-34-35-36-38-40-42-44-46-48-50-52-58(66)63-55(54-70-62-61(69)60(68)59(67)57(53-64)71-62)56(65)51-49-47-45-43-41-39-37-18-16-14-12-10-8-6-4-2/h5,7,11,13,17,19,21-22,24-25,55-57,59-62,64-65,67-69H,3-4,6,8-10,12,14-16,18,20,23,26-54H2,1-2H3,(H,63,66)/b7-5-,13-11-,19-17-,22-21-,25-24-. The molecular formula is C62H113NO8. The molecule has 6 N–H and O–H groups in total. The Labute approximate surface area is 436 Å². The second-order valence-electron chi connectivity index (χ2n) is 20.8. The van der Waals surface area contributed by atoms with Crippen molar-refractivity contribution in [3.05, 3.63) is 60.8 Å². The van der Waals surface area contributed by atoms with Gasteiger partial charge in [0.1, 0.15) is 24.4 Å². The van der Waals surface area contributed by atoms with E-state index >= 15 is 0 Å². The molecule has 0 bridgehead atoms. The van der Waals surface area contributed by atoms with Crippen molar-refractivity contribution in [2.24, 2.45) is 0 Å². The number of unbranched alkanes of at least 4 members (excludes halogenated alkanes) is 31. The van der Waals surface area contributed by atoms with E-state index in [0.29, 0.717) is 12.8 Å². The highest BCUT2D eigenvalue weighted by Gasteiger charge is 2.44. The van der Waals surface area contributed by atoms with Crippen molar-refractivity contribution in [2.75, 3.05) is 13.2 Å². The molecule has 1 saturated heterocycles. The van der Waals surface area contributed by atoms with Crippen LogP contribution in [0, 0.1) is 0 Å². The lowest BCUT2D eigenvalue weighted by Gasteiger charge is -2.40. The molecule has 1 aliphatic rings. The summed E-state index contributed by atoms with van der Waals surface area (Å²) in [7, 11) is 0. The van der Waals surface area contributed by atoms with Crippen LogP contribution in [0.4, 0.5) is 0 Å². The smallest absolute Gasteiger partial charge is 0.220 e. The zero-order valence-electron chi connectivity index (χ0n) is 46.0. The number of amides is 1. The number of ether oxygens (including phenoxy) is 2. The maximum atomic E-state index is 13.1. The summed E-state index contributed by atoms with van der Waals surface area (Å²) in [5.41, 5.74) is 0. The lowest BCUT2D eigenvalue weighted by Crippen LogP contribution is -2.60. The molecular weight excluding hydrogens is 887 g/mol. The van der Waals surface area contributed by atoms with Gasteiger partial charge < -0.3 is 40.3 Å². The highest BCUT2D eigenvalue weighted by Crippen LogP contribution is 2.23. The van der Waals surface area contributed by atoms with Crippen LogP contribution in [-0.2, 0) is 14.3 Å². The fraction of sp³-hybridized carbons (Fsp3) is 0.823. The average Bonchev–Trinajstić information content (AvgIpc) is 3.37. The molecule has 0 saturated carbocycles. The van der Waals surface area contributed by atoms with Crippen molar-refractivity contribution in [1.82, 2.24) is 5.32 Å². The Balaban J connectivity index is 2.12. The van der Waals surface area contributed by atoms with Crippen molar-refractivity contribution < 1.29 is 39.8 Å². The Hall–Kier alpha value is -2.11. The third-order valence-electron chi connectivity index (χ3n) is 14.1. The van der Waals surface area contributed by atoms with Crippen molar-refractivity contribution >= 4 is 5.91 Å². The summed E-state index contributed by atoms with van der Waals surface area (Å²) in [6.45, 7) is 3.74. The van der Waals surface area contributed by atoms with Crippen LogP contribution in [0.15, 0.2) is 60.8 Å². The summed E-state index contributed by atoms with van der Waals surface area (Å²) in [5.74, 6) is -0.143. The molecule has 1 amide bonds. The van der Waals surface area contributed by atoms with E-state index in [4.69, 9.17) is 9.47 Å². The van der Waals surface area contributed by atoms with Crippen LogP contribution in [0.1, 0.15) is 271 Å². The number of carbonyl (C=O) groups excluding carboxylic acids is 1. The van der Waals surface area contributed by atoms with Crippen molar-refractivity contribution in [3.63, 3.8) is 0 Å². The SMILES string of the molecule is CC/C=C\C/C=C\C/C=C\C/C=C\C/C=C\CCCCCCCCCCCCCCCCCCCC(=O)NC(COC1OC(CO)C(O)C(O)C1O)C(O)CCCCCCCCCCCCCCCCC. The van der Waals surface area contributed by atoms with Gasteiger partial charge in [-0.25, -0.2) is 0 Å². The topological polar surface area (TPSA) is 149 Å². The first kappa shape index (κ1) is 66.9. The van der Waals surface area contributed by atoms with E-state index in [1.54, 1.807) is 0 Å². The van der Waals surface area contributed by atoms with E-state index in [9.17, 15) is 30.3 Å². The van der Waals surface area contributed by atoms with Gasteiger partial charge in [0, 0.05) is 6.42 Å². The summed E-state index contributed by atoms with van der Waals surface area (Å²) < 4.78 is 11.3. The van der Waals surface area contributed by atoms with Crippen LogP contribution in [0.3, 0.4) is 0 Å². The van der Waals surface area contributed by atoms with Crippen molar-refractivity contribution in [2.45, 2.75) is 314 Å². The molecule has 1 aliphatic heterocycles. The molecule has 0 radical (unpaired) electrons. The molecule has 9 nitrogen and oxygen atoms in total. The van der Waals surface area contributed by atoms with Crippen molar-refractivity contribution in [1.29, 1.82) is 0 Å². The third-order valence-corrected chi connectivity index (χ3v) is 14.1. The Kier molecular flexibility index (Phi) is 48.4. The zero-order chi connectivity index (χ0) is 51.5. The average molecular weight is 1000 g/mol. The van der Waals surface area contributed by atoms with Crippen LogP contribution in [0.25, 0.3) is 0 Å².